The Bertz CT molecular complexity index is 435. The molecule has 0 unspecified atom stereocenters. The van der Waals surface area contributed by atoms with Gasteiger partial charge in [0.2, 0.25) is 5.91 Å². The van der Waals surface area contributed by atoms with Crippen molar-refractivity contribution in [3.05, 3.63) is 29.8 Å². The van der Waals surface area contributed by atoms with Gasteiger partial charge >= 0.3 is 6.09 Å². The summed E-state index contributed by atoms with van der Waals surface area (Å²) in [5, 5.41) is 5.43. The highest BCUT2D eigenvalue weighted by Gasteiger charge is 2.02. The Morgan fingerprint density at radius 2 is 1.95 bits per heavy atom. The lowest BCUT2D eigenvalue weighted by atomic mass is 10.2. The van der Waals surface area contributed by atoms with Crippen LogP contribution in [-0.2, 0) is 16.1 Å². The van der Waals surface area contributed by atoms with Crippen molar-refractivity contribution in [2.45, 2.75) is 19.9 Å². The van der Waals surface area contributed by atoms with Crippen LogP contribution < -0.4 is 10.6 Å². The number of carbonyl (C=O) groups is 2. The summed E-state index contributed by atoms with van der Waals surface area (Å²) >= 11 is 1.75. The third-order valence-electron chi connectivity index (χ3n) is 2.55. The molecule has 0 aliphatic rings. The molecule has 1 aromatic carbocycles. The average Bonchev–Trinajstić information content (AvgIpc) is 2.46. The van der Waals surface area contributed by atoms with Gasteiger partial charge in [0.25, 0.3) is 0 Å². The van der Waals surface area contributed by atoms with E-state index in [9.17, 15) is 9.59 Å². The fourth-order valence-corrected chi connectivity index (χ4v) is 2.09. The maximum atomic E-state index is 11.5. The molecule has 0 radical (unpaired) electrons. The lowest BCUT2D eigenvalue weighted by Gasteiger charge is -2.07. The first-order valence-electron chi connectivity index (χ1n) is 6.44. The molecule has 0 saturated heterocycles. The van der Waals surface area contributed by atoms with Crippen molar-refractivity contribution in [1.29, 1.82) is 0 Å². The number of thioether (sulfide) groups is 1. The quantitative estimate of drug-likeness (QED) is 0.759. The van der Waals surface area contributed by atoms with E-state index in [2.05, 4.69) is 22.3 Å². The molecule has 0 bridgehead atoms. The lowest BCUT2D eigenvalue weighted by Crippen LogP contribution is -2.23. The normalized spacial score (nSPS) is 9.90. The molecule has 2 N–H and O–H groups in total. The molecule has 2 amide bonds. The highest BCUT2D eigenvalue weighted by Crippen LogP contribution is 2.10. The van der Waals surface area contributed by atoms with Crippen LogP contribution in [0.15, 0.2) is 24.3 Å². The van der Waals surface area contributed by atoms with Crippen LogP contribution in [0.4, 0.5) is 10.5 Å². The Morgan fingerprint density at radius 3 is 2.55 bits per heavy atom. The SMILES string of the molecule is CCSCCC(=O)NCc1ccc(NC(=O)OC)cc1. The molecule has 0 aliphatic heterocycles. The summed E-state index contributed by atoms with van der Waals surface area (Å²) in [7, 11) is 1.32. The number of anilines is 1. The molecule has 0 aliphatic carbocycles. The van der Waals surface area contributed by atoms with Gasteiger partial charge in [-0.15, -0.1) is 0 Å². The zero-order chi connectivity index (χ0) is 14.8. The van der Waals surface area contributed by atoms with Crippen LogP contribution in [0.1, 0.15) is 18.9 Å². The molecular formula is C14H20N2O3S. The predicted molar refractivity (Wildman–Crippen MR) is 81.9 cm³/mol. The summed E-state index contributed by atoms with van der Waals surface area (Å²) in [5.74, 6) is 1.94. The van der Waals surface area contributed by atoms with Gasteiger partial charge in [0, 0.05) is 24.4 Å². The first-order chi connectivity index (χ1) is 9.65. The van der Waals surface area contributed by atoms with Crippen LogP contribution >= 0.6 is 11.8 Å². The number of ether oxygens (including phenoxy) is 1. The molecule has 110 valence electrons. The van der Waals surface area contributed by atoms with Gasteiger partial charge in [0.15, 0.2) is 0 Å². The molecule has 6 heteroatoms. The highest BCUT2D eigenvalue weighted by molar-refractivity contribution is 7.99. The minimum Gasteiger partial charge on any atom is -0.453 e. The van der Waals surface area contributed by atoms with E-state index in [0.717, 1.165) is 17.1 Å². The van der Waals surface area contributed by atoms with Gasteiger partial charge in [-0.3, -0.25) is 10.1 Å². The molecule has 0 aromatic heterocycles. The van der Waals surface area contributed by atoms with E-state index >= 15 is 0 Å². The molecule has 5 nitrogen and oxygen atoms in total. The van der Waals surface area contributed by atoms with Gasteiger partial charge in [0.1, 0.15) is 0 Å². The average molecular weight is 296 g/mol. The fraction of sp³-hybridized carbons (Fsp3) is 0.429. The zero-order valence-electron chi connectivity index (χ0n) is 11.8. The van der Waals surface area contributed by atoms with Crippen LogP contribution in [0, 0.1) is 0 Å². The van der Waals surface area contributed by atoms with Crippen molar-refractivity contribution in [3.63, 3.8) is 0 Å². The van der Waals surface area contributed by atoms with E-state index < -0.39 is 6.09 Å². The van der Waals surface area contributed by atoms with Crippen LogP contribution in [0.5, 0.6) is 0 Å². The Labute approximate surface area is 123 Å². The van der Waals surface area contributed by atoms with Crippen LogP contribution in [0.2, 0.25) is 0 Å². The number of amides is 2. The highest BCUT2D eigenvalue weighted by atomic mass is 32.2. The maximum Gasteiger partial charge on any atom is 0.411 e. The number of rotatable bonds is 7. The van der Waals surface area contributed by atoms with Gasteiger partial charge in [-0.25, -0.2) is 4.79 Å². The second-order valence-electron chi connectivity index (χ2n) is 4.04. The van der Waals surface area contributed by atoms with Crippen molar-refractivity contribution in [3.8, 4) is 0 Å². The third-order valence-corrected chi connectivity index (χ3v) is 3.45. The standard InChI is InChI=1S/C14H20N2O3S/c1-3-20-9-8-13(17)15-10-11-4-6-12(7-5-11)16-14(18)19-2/h4-7H,3,8-10H2,1-2H3,(H,15,17)(H,16,18). The first kappa shape index (κ1) is 16.4. The van der Waals surface area contributed by atoms with Crippen molar-refractivity contribution in [2.75, 3.05) is 23.9 Å². The molecule has 0 atom stereocenters. The zero-order valence-corrected chi connectivity index (χ0v) is 12.6. The molecular weight excluding hydrogens is 276 g/mol. The number of hydrogen-bond acceptors (Lipinski definition) is 4. The Morgan fingerprint density at radius 1 is 1.25 bits per heavy atom. The van der Waals surface area contributed by atoms with Gasteiger partial charge in [-0.1, -0.05) is 19.1 Å². The summed E-state index contributed by atoms with van der Waals surface area (Å²) in [4.78, 5) is 22.6. The molecule has 20 heavy (non-hydrogen) atoms. The number of benzene rings is 1. The van der Waals surface area contributed by atoms with Crippen molar-refractivity contribution in [1.82, 2.24) is 5.32 Å². The molecule has 1 rings (SSSR count). The largest absolute Gasteiger partial charge is 0.453 e. The van der Waals surface area contributed by atoms with Crippen molar-refractivity contribution >= 4 is 29.4 Å². The summed E-state index contributed by atoms with van der Waals surface area (Å²) in [5.41, 5.74) is 1.64. The smallest absolute Gasteiger partial charge is 0.411 e. The summed E-state index contributed by atoms with van der Waals surface area (Å²) in [6, 6.07) is 7.25. The first-order valence-corrected chi connectivity index (χ1v) is 7.59. The predicted octanol–water partition coefficient (Wildman–Crippen LogP) is 2.62. The van der Waals surface area contributed by atoms with Crippen LogP contribution in [-0.4, -0.2) is 30.6 Å². The van der Waals surface area contributed by atoms with Crippen molar-refractivity contribution in [2.24, 2.45) is 0 Å². The number of carbonyl (C=O) groups excluding carboxylic acids is 2. The molecule has 0 fully saturated rings. The van der Waals surface area contributed by atoms with Gasteiger partial charge in [-0.2, -0.15) is 11.8 Å². The van der Waals surface area contributed by atoms with E-state index in [1.165, 1.54) is 7.11 Å². The van der Waals surface area contributed by atoms with Crippen molar-refractivity contribution < 1.29 is 14.3 Å². The van der Waals surface area contributed by atoms with E-state index in [0.29, 0.717) is 18.7 Å². The molecule has 0 heterocycles. The Kier molecular flexibility index (Phi) is 7.57. The maximum absolute atomic E-state index is 11.5. The minimum atomic E-state index is -0.500. The van der Waals surface area contributed by atoms with Crippen LogP contribution in [0.3, 0.4) is 0 Å². The summed E-state index contributed by atoms with van der Waals surface area (Å²) < 4.78 is 4.50. The monoisotopic (exact) mass is 296 g/mol. The summed E-state index contributed by atoms with van der Waals surface area (Å²) in [6.07, 6.45) is 0.0417. The minimum absolute atomic E-state index is 0.0581. The number of hydrogen-bond donors (Lipinski definition) is 2. The Balaban J connectivity index is 2.34. The van der Waals surface area contributed by atoms with Gasteiger partial charge in [0.05, 0.1) is 7.11 Å². The second-order valence-corrected chi connectivity index (χ2v) is 5.43. The second kappa shape index (κ2) is 9.25. The molecule has 0 spiro atoms. The van der Waals surface area contributed by atoms with E-state index in [1.54, 1.807) is 23.9 Å². The number of methoxy groups -OCH3 is 1. The molecule has 1 aromatic rings. The topological polar surface area (TPSA) is 67.4 Å². The third kappa shape index (κ3) is 6.47. The van der Waals surface area contributed by atoms with E-state index in [4.69, 9.17) is 0 Å². The number of nitrogens with one attached hydrogen (secondary N) is 2. The lowest BCUT2D eigenvalue weighted by molar-refractivity contribution is -0.120. The van der Waals surface area contributed by atoms with Gasteiger partial charge < -0.3 is 10.1 Å². The van der Waals surface area contributed by atoms with Gasteiger partial charge in [-0.05, 0) is 23.4 Å². The van der Waals surface area contributed by atoms with Crippen LogP contribution in [0.25, 0.3) is 0 Å². The fourth-order valence-electron chi connectivity index (χ4n) is 1.47. The Hall–Kier alpha value is -1.69. The van der Waals surface area contributed by atoms with E-state index in [-0.39, 0.29) is 5.91 Å². The van der Waals surface area contributed by atoms with E-state index in [1.807, 2.05) is 12.1 Å². The summed E-state index contributed by atoms with van der Waals surface area (Å²) in [6.45, 7) is 2.57. The molecule has 0 saturated carbocycles.